The first kappa shape index (κ1) is 7.56. The Hall–Kier alpha value is -0.0800. The molecule has 2 nitrogen and oxygen atoms in total. The van der Waals surface area contributed by atoms with Gasteiger partial charge < -0.3 is 9.47 Å². The summed E-state index contributed by atoms with van der Waals surface area (Å²) in [5.74, 6) is 0.740. The van der Waals surface area contributed by atoms with E-state index in [4.69, 9.17) is 9.47 Å². The van der Waals surface area contributed by atoms with Gasteiger partial charge in [-0.3, -0.25) is 0 Å². The maximum atomic E-state index is 5.59. The van der Waals surface area contributed by atoms with Crippen LogP contribution >= 0.6 is 0 Å². The van der Waals surface area contributed by atoms with Crippen LogP contribution in [0.15, 0.2) is 0 Å². The average Bonchev–Trinajstić information content (AvgIpc) is 2.60. The minimum Gasteiger partial charge on any atom is -0.384 e. The van der Waals surface area contributed by atoms with Gasteiger partial charge in [-0.25, -0.2) is 0 Å². The van der Waals surface area contributed by atoms with Crippen molar-refractivity contribution in [3.63, 3.8) is 0 Å². The van der Waals surface area contributed by atoms with Crippen molar-refractivity contribution < 1.29 is 9.47 Å². The van der Waals surface area contributed by atoms with Gasteiger partial charge in [0.25, 0.3) is 0 Å². The molecule has 0 spiro atoms. The predicted octanol–water partition coefficient (Wildman–Crippen LogP) is 1.59. The molecule has 64 valence electrons. The van der Waals surface area contributed by atoms with E-state index in [1.807, 2.05) is 0 Å². The van der Waals surface area contributed by atoms with Crippen molar-refractivity contribution in [2.24, 2.45) is 5.92 Å². The van der Waals surface area contributed by atoms with Crippen LogP contribution in [0.3, 0.4) is 0 Å². The van der Waals surface area contributed by atoms with Gasteiger partial charge in [0, 0.05) is 13.7 Å². The number of hydrogen-bond donors (Lipinski definition) is 0. The zero-order valence-corrected chi connectivity index (χ0v) is 7.30. The molecule has 0 amide bonds. The molecule has 2 aliphatic rings. The molecule has 1 heterocycles. The summed E-state index contributed by atoms with van der Waals surface area (Å²) in [5.41, 5.74) is 0.238. The monoisotopic (exact) mass is 156 g/mol. The van der Waals surface area contributed by atoms with Crippen molar-refractivity contribution in [2.45, 2.75) is 37.9 Å². The molecule has 3 atom stereocenters. The molecule has 1 aliphatic heterocycles. The van der Waals surface area contributed by atoms with Crippen LogP contribution in [-0.4, -0.2) is 25.4 Å². The van der Waals surface area contributed by atoms with Crippen molar-refractivity contribution in [3.8, 4) is 0 Å². The lowest BCUT2D eigenvalue weighted by Crippen LogP contribution is -2.24. The molecule has 1 saturated carbocycles. The highest BCUT2D eigenvalue weighted by molar-refractivity contribution is 5.03. The first-order chi connectivity index (χ1) is 5.24. The summed E-state index contributed by atoms with van der Waals surface area (Å²) in [6.45, 7) is 3.13. The number of rotatable bonds is 2. The first-order valence-electron chi connectivity index (χ1n) is 4.41. The Balaban J connectivity index is 1.87. The second-order valence-corrected chi connectivity index (χ2v) is 4.02. The molecular weight excluding hydrogens is 140 g/mol. The van der Waals surface area contributed by atoms with E-state index >= 15 is 0 Å². The van der Waals surface area contributed by atoms with Crippen LogP contribution < -0.4 is 0 Å². The van der Waals surface area contributed by atoms with E-state index in [9.17, 15) is 0 Å². The molecule has 2 rings (SSSR count). The number of methoxy groups -OCH3 is 1. The van der Waals surface area contributed by atoms with Crippen LogP contribution in [0.25, 0.3) is 0 Å². The summed E-state index contributed by atoms with van der Waals surface area (Å²) in [7, 11) is 1.78. The molecule has 2 heteroatoms. The van der Waals surface area contributed by atoms with E-state index in [0.29, 0.717) is 6.10 Å². The Morgan fingerprint density at radius 1 is 1.55 bits per heavy atom. The largest absolute Gasteiger partial charge is 0.384 e. The molecule has 1 aliphatic carbocycles. The van der Waals surface area contributed by atoms with Gasteiger partial charge in [0.2, 0.25) is 0 Å². The molecule has 3 unspecified atom stereocenters. The maximum absolute atomic E-state index is 5.59. The lowest BCUT2D eigenvalue weighted by atomic mass is 9.83. The van der Waals surface area contributed by atoms with Crippen molar-refractivity contribution >= 4 is 0 Å². The highest BCUT2D eigenvalue weighted by atomic mass is 16.6. The van der Waals surface area contributed by atoms with Crippen molar-refractivity contribution in [1.82, 2.24) is 0 Å². The fourth-order valence-corrected chi connectivity index (χ4v) is 2.28. The Bertz CT molecular complexity index is 158. The first-order valence-corrected chi connectivity index (χ1v) is 4.41. The van der Waals surface area contributed by atoms with Crippen molar-refractivity contribution in [3.05, 3.63) is 0 Å². The van der Waals surface area contributed by atoms with Gasteiger partial charge >= 0.3 is 0 Å². The fourth-order valence-electron chi connectivity index (χ4n) is 2.28. The second kappa shape index (κ2) is 2.46. The summed E-state index contributed by atoms with van der Waals surface area (Å²) < 4.78 is 10.7. The third kappa shape index (κ3) is 1.30. The molecule has 0 aromatic heterocycles. The summed E-state index contributed by atoms with van der Waals surface area (Å²) in [6.07, 6.45) is 4.31. The molecule has 1 saturated heterocycles. The minimum atomic E-state index is 0.238. The van der Waals surface area contributed by atoms with E-state index < -0.39 is 0 Å². The standard InChI is InChI=1S/C9H16O2/c1-9-5-7(6-10-2)3-4-8(9)11-9/h7-8H,3-6H2,1-2H3. The molecule has 0 radical (unpaired) electrons. The van der Waals surface area contributed by atoms with Crippen LogP contribution in [0.2, 0.25) is 0 Å². The normalized spacial score (nSPS) is 48.5. The van der Waals surface area contributed by atoms with E-state index in [1.165, 1.54) is 19.3 Å². The quantitative estimate of drug-likeness (QED) is 0.566. The SMILES string of the molecule is COCC1CCC2OC2(C)C1. The van der Waals surface area contributed by atoms with Crippen LogP contribution in [0.4, 0.5) is 0 Å². The van der Waals surface area contributed by atoms with Crippen LogP contribution in [0, 0.1) is 5.92 Å². The predicted molar refractivity (Wildman–Crippen MR) is 42.5 cm³/mol. The summed E-state index contributed by atoms with van der Waals surface area (Å²) in [4.78, 5) is 0. The van der Waals surface area contributed by atoms with E-state index in [2.05, 4.69) is 6.92 Å². The van der Waals surface area contributed by atoms with Gasteiger partial charge in [-0.15, -0.1) is 0 Å². The number of epoxide rings is 1. The molecule has 2 fully saturated rings. The zero-order valence-electron chi connectivity index (χ0n) is 7.30. The van der Waals surface area contributed by atoms with Crippen LogP contribution in [0.5, 0.6) is 0 Å². The van der Waals surface area contributed by atoms with Gasteiger partial charge in [0.15, 0.2) is 0 Å². The molecule has 0 N–H and O–H groups in total. The Morgan fingerprint density at radius 3 is 3.00 bits per heavy atom. The number of fused-ring (bicyclic) bond motifs is 1. The summed E-state index contributed by atoms with van der Waals surface area (Å²) in [6, 6.07) is 0. The zero-order chi connectivity index (χ0) is 7.90. The third-order valence-electron chi connectivity index (χ3n) is 2.97. The highest BCUT2D eigenvalue weighted by Gasteiger charge is 2.55. The fraction of sp³-hybridized carbons (Fsp3) is 1.00. The highest BCUT2D eigenvalue weighted by Crippen LogP contribution is 2.49. The van der Waals surface area contributed by atoms with Gasteiger partial charge in [-0.05, 0) is 32.1 Å². The number of hydrogen-bond acceptors (Lipinski definition) is 2. The van der Waals surface area contributed by atoms with E-state index in [1.54, 1.807) is 7.11 Å². The molecular formula is C9H16O2. The molecule has 0 aromatic carbocycles. The topological polar surface area (TPSA) is 21.8 Å². The summed E-state index contributed by atoms with van der Waals surface area (Å²) >= 11 is 0. The Morgan fingerprint density at radius 2 is 2.36 bits per heavy atom. The van der Waals surface area contributed by atoms with Gasteiger partial charge in [-0.2, -0.15) is 0 Å². The lowest BCUT2D eigenvalue weighted by Gasteiger charge is -2.22. The van der Waals surface area contributed by atoms with Crippen LogP contribution in [-0.2, 0) is 9.47 Å². The Labute approximate surface area is 67.9 Å². The van der Waals surface area contributed by atoms with Crippen LogP contribution in [0.1, 0.15) is 26.2 Å². The van der Waals surface area contributed by atoms with E-state index in [-0.39, 0.29) is 5.60 Å². The average molecular weight is 156 g/mol. The third-order valence-corrected chi connectivity index (χ3v) is 2.97. The smallest absolute Gasteiger partial charge is 0.0923 e. The van der Waals surface area contributed by atoms with Gasteiger partial charge in [0.05, 0.1) is 11.7 Å². The second-order valence-electron chi connectivity index (χ2n) is 4.02. The molecule has 11 heavy (non-hydrogen) atoms. The molecule has 0 aromatic rings. The van der Waals surface area contributed by atoms with Gasteiger partial charge in [-0.1, -0.05) is 0 Å². The molecule has 0 bridgehead atoms. The number of ether oxygens (including phenoxy) is 2. The minimum absolute atomic E-state index is 0.238. The Kier molecular flexibility index (Phi) is 1.69. The van der Waals surface area contributed by atoms with Gasteiger partial charge in [0.1, 0.15) is 0 Å². The van der Waals surface area contributed by atoms with Crippen molar-refractivity contribution in [1.29, 1.82) is 0 Å². The van der Waals surface area contributed by atoms with E-state index in [0.717, 1.165) is 12.5 Å². The lowest BCUT2D eigenvalue weighted by molar-refractivity contribution is 0.124. The maximum Gasteiger partial charge on any atom is 0.0923 e. The van der Waals surface area contributed by atoms with Crippen molar-refractivity contribution in [2.75, 3.05) is 13.7 Å². The summed E-state index contributed by atoms with van der Waals surface area (Å²) in [5, 5.41) is 0.